The number of rotatable bonds is 8. The Morgan fingerprint density at radius 2 is 1.80 bits per heavy atom. The van der Waals surface area contributed by atoms with Crippen LogP contribution in [0, 0.1) is 5.92 Å². The molecule has 1 aliphatic rings. The van der Waals surface area contributed by atoms with Gasteiger partial charge in [-0.05, 0) is 54.3 Å². The molecule has 2 N–H and O–H groups in total. The summed E-state index contributed by atoms with van der Waals surface area (Å²) in [4.78, 5) is 23.7. The number of nitrogens with one attached hydrogen (secondary N) is 1. The highest BCUT2D eigenvalue weighted by Gasteiger charge is 2.17. The number of hydrogen-bond acceptors (Lipinski definition) is 3. The molecule has 30 heavy (non-hydrogen) atoms. The van der Waals surface area contributed by atoms with E-state index in [2.05, 4.69) is 5.32 Å². The second-order valence-electron chi connectivity index (χ2n) is 7.35. The number of carboxylic acids is 1. The van der Waals surface area contributed by atoms with Gasteiger partial charge < -0.3 is 15.2 Å². The lowest BCUT2D eigenvalue weighted by atomic mass is 10.0. The summed E-state index contributed by atoms with van der Waals surface area (Å²) in [5.74, 6) is 0.124. The van der Waals surface area contributed by atoms with Gasteiger partial charge in [-0.1, -0.05) is 61.0 Å². The zero-order valence-electron chi connectivity index (χ0n) is 16.4. The molecule has 5 nitrogen and oxygen atoms in total. The first kappa shape index (κ1) is 22.2. The third-order valence-electron chi connectivity index (χ3n) is 5.07. The summed E-state index contributed by atoms with van der Waals surface area (Å²) in [7, 11) is 0. The summed E-state index contributed by atoms with van der Waals surface area (Å²) in [5, 5.41) is 12.9. The summed E-state index contributed by atoms with van der Waals surface area (Å²) in [6.07, 6.45) is 7.32. The maximum absolute atomic E-state index is 12.2. The predicted octanol–water partition coefficient (Wildman–Crippen LogP) is 6.30. The summed E-state index contributed by atoms with van der Waals surface area (Å²) in [6.45, 7) is 0. The van der Waals surface area contributed by atoms with Gasteiger partial charge in [0.1, 0.15) is 17.2 Å². The fourth-order valence-corrected chi connectivity index (χ4v) is 3.93. The van der Waals surface area contributed by atoms with Gasteiger partial charge >= 0.3 is 5.97 Å². The standard InChI is InChI=1S/C23H23Cl2NO4/c24-17-8-11-21(19(25)14-17)30-18-9-5-16(6-10-18)13-20(23(28)29)26-22(27)12-7-15-3-1-2-4-15/h5-6,8-11,13-15H,1-4,7,12H2,(H,26,27)(H,28,29)/b20-13+. The Balaban J connectivity index is 1.62. The summed E-state index contributed by atoms with van der Waals surface area (Å²) in [6, 6.07) is 11.7. The molecule has 3 rings (SSSR count). The molecule has 0 aromatic heterocycles. The van der Waals surface area contributed by atoms with Crippen molar-refractivity contribution in [2.45, 2.75) is 38.5 Å². The zero-order chi connectivity index (χ0) is 21.5. The van der Waals surface area contributed by atoms with E-state index in [1.165, 1.54) is 18.9 Å². The molecule has 0 aliphatic heterocycles. The molecule has 2 aromatic carbocycles. The molecule has 0 radical (unpaired) electrons. The van der Waals surface area contributed by atoms with E-state index < -0.39 is 5.97 Å². The molecule has 7 heteroatoms. The number of benzene rings is 2. The Labute approximate surface area is 185 Å². The van der Waals surface area contributed by atoms with Crippen LogP contribution in [0.2, 0.25) is 10.0 Å². The van der Waals surface area contributed by atoms with Crippen molar-refractivity contribution in [2.24, 2.45) is 5.92 Å². The minimum absolute atomic E-state index is 0.152. The van der Waals surface area contributed by atoms with E-state index in [0.717, 1.165) is 19.3 Å². The molecule has 1 amide bonds. The fourth-order valence-electron chi connectivity index (χ4n) is 3.48. The number of aliphatic carboxylic acids is 1. The van der Waals surface area contributed by atoms with Gasteiger partial charge in [0.15, 0.2) is 0 Å². The Hall–Kier alpha value is -2.50. The van der Waals surface area contributed by atoms with Crippen LogP contribution in [0.1, 0.15) is 44.1 Å². The molecular weight excluding hydrogens is 425 g/mol. The number of halogens is 2. The maximum Gasteiger partial charge on any atom is 0.352 e. The Bertz CT molecular complexity index is 935. The first-order valence-corrected chi connectivity index (χ1v) is 10.6. The van der Waals surface area contributed by atoms with Crippen LogP contribution in [0.25, 0.3) is 6.08 Å². The summed E-state index contributed by atoms with van der Waals surface area (Å²) in [5.41, 5.74) is 0.471. The monoisotopic (exact) mass is 447 g/mol. The van der Waals surface area contributed by atoms with Gasteiger partial charge in [-0.15, -0.1) is 0 Å². The van der Waals surface area contributed by atoms with Gasteiger partial charge in [-0.25, -0.2) is 4.79 Å². The number of carboxylic acid groups (broad SMARTS) is 1. The molecule has 0 saturated heterocycles. The van der Waals surface area contributed by atoms with Gasteiger partial charge in [0.25, 0.3) is 0 Å². The molecule has 1 aliphatic carbocycles. The number of hydrogen-bond donors (Lipinski definition) is 2. The quantitative estimate of drug-likeness (QED) is 0.465. The van der Waals surface area contributed by atoms with Gasteiger partial charge in [-0.3, -0.25) is 4.79 Å². The molecule has 0 spiro atoms. The van der Waals surface area contributed by atoms with Crippen LogP contribution in [0.5, 0.6) is 11.5 Å². The van der Waals surface area contributed by atoms with Gasteiger partial charge in [0.05, 0.1) is 5.02 Å². The number of amides is 1. The van der Waals surface area contributed by atoms with Crippen molar-refractivity contribution < 1.29 is 19.4 Å². The van der Waals surface area contributed by atoms with E-state index in [1.54, 1.807) is 42.5 Å². The summed E-state index contributed by atoms with van der Waals surface area (Å²) >= 11 is 12.0. The maximum atomic E-state index is 12.2. The minimum atomic E-state index is -1.18. The normalized spacial score (nSPS) is 14.5. The van der Waals surface area contributed by atoms with E-state index >= 15 is 0 Å². The average Bonchev–Trinajstić information content (AvgIpc) is 3.23. The largest absolute Gasteiger partial charge is 0.477 e. The van der Waals surface area contributed by atoms with Crippen molar-refractivity contribution in [2.75, 3.05) is 0 Å². The molecular formula is C23H23Cl2NO4. The molecule has 158 valence electrons. The molecule has 1 saturated carbocycles. The molecule has 2 aromatic rings. The van der Waals surface area contributed by atoms with Gasteiger partial charge in [-0.2, -0.15) is 0 Å². The first-order chi connectivity index (χ1) is 14.4. The van der Waals surface area contributed by atoms with E-state index in [9.17, 15) is 14.7 Å². The molecule has 0 atom stereocenters. The topological polar surface area (TPSA) is 75.6 Å². The Morgan fingerprint density at radius 1 is 1.10 bits per heavy atom. The predicted molar refractivity (Wildman–Crippen MR) is 118 cm³/mol. The van der Waals surface area contributed by atoms with Crippen LogP contribution < -0.4 is 10.1 Å². The zero-order valence-corrected chi connectivity index (χ0v) is 17.9. The molecule has 0 heterocycles. The van der Waals surface area contributed by atoms with Crippen molar-refractivity contribution in [1.82, 2.24) is 5.32 Å². The smallest absolute Gasteiger partial charge is 0.352 e. The van der Waals surface area contributed by atoms with E-state index in [1.807, 2.05) is 0 Å². The molecule has 0 bridgehead atoms. The van der Waals surface area contributed by atoms with Crippen molar-refractivity contribution >= 4 is 41.2 Å². The average molecular weight is 448 g/mol. The second-order valence-corrected chi connectivity index (χ2v) is 8.19. The van der Waals surface area contributed by atoms with Crippen molar-refractivity contribution in [1.29, 1.82) is 0 Å². The van der Waals surface area contributed by atoms with E-state index in [0.29, 0.717) is 39.4 Å². The van der Waals surface area contributed by atoms with Crippen LogP contribution in [-0.2, 0) is 9.59 Å². The first-order valence-electron chi connectivity index (χ1n) is 9.88. The van der Waals surface area contributed by atoms with Gasteiger partial charge in [0.2, 0.25) is 5.91 Å². The van der Waals surface area contributed by atoms with Crippen molar-refractivity contribution in [3.8, 4) is 11.5 Å². The van der Waals surface area contributed by atoms with Gasteiger partial charge in [0, 0.05) is 11.4 Å². The molecule has 1 fully saturated rings. The van der Waals surface area contributed by atoms with Crippen LogP contribution in [0.4, 0.5) is 0 Å². The van der Waals surface area contributed by atoms with E-state index in [4.69, 9.17) is 27.9 Å². The number of carbonyl (C=O) groups excluding carboxylic acids is 1. The lowest BCUT2D eigenvalue weighted by Crippen LogP contribution is -2.27. The minimum Gasteiger partial charge on any atom is -0.477 e. The summed E-state index contributed by atoms with van der Waals surface area (Å²) < 4.78 is 5.72. The SMILES string of the molecule is O=C(CCC1CCCC1)N/C(=C/c1ccc(Oc2ccc(Cl)cc2Cl)cc1)C(=O)O. The Kier molecular flexibility index (Phi) is 7.77. The number of ether oxygens (including phenoxy) is 1. The third kappa shape index (κ3) is 6.51. The molecule has 0 unspecified atom stereocenters. The highest BCUT2D eigenvalue weighted by atomic mass is 35.5. The highest BCUT2D eigenvalue weighted by Crippen LogP contribution is 2.32. The van der Waals surface area contributed by atoms with E-state index in [-0.39, 0.29) is 11.6 Å². The van der Waals surface area contributed by atoms with Crippen molar-refractivity contribution in [3.63, 3.8) is 0 Å². The Morgan fingerprint density at radius 3 is 2.43 bits per heavy atom. The number of carbonyl (C=O) groups is 2. The lowest BCUT2D eigenvalue weighted by molar-refractivity contribution is -0.134. The highest BCUT2D eigenvalue weighted by molar-refractivity contribution is 6.35. The van der Waals surface area contributed by atoms with Crippen LogP contribution in [0.15, 0.2) is 48.2 Å². The second kappa shape index (κ2) is 10.5. The fraction of sp³-hybridized carbons (Fsp3) is 0.304. The van der Waals surface area contributed by atoms with Crippen LogP contribution in [0.3, 0.4) is 0 Å². The lowest BCUT2D eigenvalue weighted by Gasteiger charge is -2.10. The van der Waals surface area contributed by atoms with Crippen LogP contribution >= 0.6 is 23.2 Å². The third-order valence-corrected chi connectivity index (χ3v) is 5.60. The van der Waals surface area contributed by atoms with Crippen molar-refractivity contribution in [3.05, 3.63) is 63.8 Å². The van der Waals surface area contributed by atoms with Crippen LogP contribution in [-0.4, -0.2) is 17.0 Å².